The van der Waals surface area contributed by atoms with Gasteiger partial charge in [-0.15, -0.1) is 0 Å². The van der Waals surface area contributed by atoms with Gasteiger partial charge >= 0.3 is 0 Å². The third-order valence-electron chi connectivity index (χ3n) is 5.92. The Labute approximate surface area is 192 Å². The van der Waals surface area contributed by atoms with Crippen LogP contribution >= 0.6 is 0 Å². The maximum Gasteiger partial charge on any atom is 0.251 e. The van der Waals surface area contributed by atoms with E-state index in [1.54, 1.807) is 11.2 Å². The number of amides is 2. The average Bonchev–Trinajstić information content (AvgIpc) is 3.37. The SMILES string of the molecule is Cc1nc2ccccc2n1CC(=O)N(Cc1ccc(C(=O)NC2CC2)cc1)Cc1ccco1. The highest BCUT2D eigenvalue weighted by Crippen LogP contribution is 2.20. The molecule has 1 fully saturated rings. The van der Waals surface area contributed by atoms with Crippen molar-refractivity contribution in [1.82, 2.24) is 19.8 Å². The van der Waals surface area contributed by atoms with Gasteiger partial charge in [-0.2, -0.15) is 0 Å². The topological polar surface area (TPSA) is 80.4 Å². The van der Waals surface area contributed by atoms with Crippen LogP contribution in [-0.2, 0) is 24.4 Å². The van der Waals surface area contributed by atoms with Crippen molar-refractivity contribution in [2.24, 2.45) is 0 Å². The summed E-state index contributed by atoms with van der Waals surface area (Å²) < 4.78 is 7.45. The summed E-state index contributed by atoms with van der Waals surface area (Å²) in [4.78, 5) is 32.0. The van der Waals surface area contributed by atoms with Crippen LogP contribution in [0.4, 0.5) is 0 Å². The van der Waals surface area contributed by atoms with Crippen molar-refractivity contribution in [3.8, 4) is 0 Å². The van der Waals surface area contributed by atoms with Crippen molar-refractivity contribution in [3.63, 3.8) is 0 Å². The van der Waals surface area contributed by atoms with Gasteiger partial charge in [-0.3, -0.25) is 9.59 Å². The summed E-state index contributed by atoms with van der Waals surface area (Å²) >= 11 is 0. The van der Waals surface area contributed by atoms with Crippen LogP contribution in [0.1, 0.15) is 40.3 Å². The second-order valence-corrected chi connectivity index (χ2v) is 8.51. The van der Waals surface area contributed by atoms with Crippen LogP contribution in [0.5, 0.6) is 0 Å². The van der Waals surface area contributed by atoms with E-state index >= 15 is 0 Å². The van der Waals surface area contributed by atoms with Gasteiger partial charge in [-0.25, -0.2) is 4.98 Å². The number of aromatic nitrogens is 2. The second-order valence-electron chi connectivity index (χ2n) is 8.51. The molecular formula is C26H26N4O3. The van der Waals surface area contributed by atoms with Crippen LogP contribution in [0.3, 0.4) is 0 Å². The van der Waals surface area contributed by atoms with Gasteiger partial charge in [0.05, 0.1) is 23.8 Å². The van der Waals surface area contributed by atoms with Crippen LogP contribution in [0.2, 0.25) is 0 Å². The molecule has 0 saturated heterocycles. The van der Waals surface area contributed by atoms with E-state index in [4.69, 9.17) is 4.42 Å². The number of nitrogens with zero attached hydrogens (tertiary/aromatic N) is 3. The van der Waals surface area contributed by atoms with E-state index < -0.39 is 0 Å². The smallest absolute Gasteiger partial charge is 0.251 e. The number of nitrogens with one attached hydrogen (secondary N) is 1. The van der Waals surface area contributed by atoms with Crippen molar-refractivity contribution in [3.05, 3.63) is 89.6 Å². The molecule has 2 amide bonds. The third-order valence-corrected chi connectivity index (χ3v) is 5.92. The monoisotopic (exact) mass is 442 g/mol. The Morgan fingerprint density at radius 3 is 2.58 bits per heavy atom. The number of para-hydroxylation sites is 2. The van der Waals surface area contributed by atoms with Gasteiger partial charge in [0.25, 0.3) is 5.91 Å². The van der Waals surface area contributed by atoms with Gasteiger partial charge in [0.1, 0.15) is 18.1 Å². The molecule has 1 N–H and O–H groups in total. The average molecular weight is 443 g/mol. The molecule has 7 heteroatoms. The molecule has 1 aliphatic carbocycles. The molecule has 7 nitrogen and oxygen atoms in total. The van der Waals surface area contributed by atoms with Crippen molar-refractivity contribution in [1.29, 1.82) is 0 Å². The molecule has 1 saturated carbocycles. The Kier molecular flexibility index (Phi) is 5.69. The van der Waals surface area contributed by atoms with Crippen LogP contribution in [0, 0.1) is 6.92 Å². The van der Waals surface area contributed by atoms with Gasteiger partial charge in [0, 0.05) is 18.2 Å². The van der Waals surface area contributed by atoms with E-state index in [0.29, 0.717) is 24.7 Å². The molecule has 5 rings (SSSR count). The lowest BCUT2D eigenvalue weighted by molar-refractivity contribution is -0.133. The van der Waals surface area contributed by atoms with Gasteiger partial charge in [0.2, 0.25) is 5.91 Å². The van der Waals surface area contributed by atoms with Crippen molar-refractivity contribution < 1.29 is 14.0 Å². The first-order chi connectivity index (χ1) is 16.1. The first-order valence-corrected chi connectivity index (χ1v) is 11.2. The Morgan fingerprint density at radius 2 is 1.85 bits per heavy atom. The lowest BCUT2D eigenvalue weighted by Crippen LogP contribution is -2.33. The summed E-state index contributed by atoms with van der Waals surface area (Å²) in [6.45, 7) is 2.88. The molecule has 4 aromatic rings. The van der Waals surface area contributed by atoms with Crippen molar-refractivity contribution >= 4 is 22.8 Å². The highest BCUT2D eigenvalue weighted by atomic mass is 16.3. The Morgan fingerprint density at radius 1 is 1.06 bits per heavy atom. The number of furan rings is 1. The fourth-order valence-electron chi connectivity index (χ4n) is 3.93. The van der Waals surface area contributed by atoms with Gasteiger partial charge in [0.15, 0.2) is 0 Å². The number of rotatable bonds is 8. The fraction of sp³-hybridized carbons (Fsp3) is 0.269. The lowest BCUT2D eigenvalue weighted by atomic mass is 10.1. The molecule has 0 aliphatic heterocycles. The molecule has 0 unspecified atom stereocenters. The van der Waals surface area contributed by atoms with Crippen LogP contribution < -0.4 is 5.32 Å². The molecule has 2 heterocycles. The summed E-state index contributed by atoms with van der Waals surface area (Å²) in [5.41, 5.74) is 3.40. The van der Waals surface area contributed by atoms with E-state index in [9.17, 15) is 9.59 Å². The van der Waals surface area contributed by atoms with Gasteiger partial charge < -0.3 is 19.2 Å². The van der Waals surface area contributed by atoms with Gasteiger partial charge in [-0.1, -0.05) is 24.3 Å². The number of aryl methyl sites for hydroxylation is 1. The summed E-state index contributed by atoms with van der Waals surface area (Å²) in [5.74, 6) is 1.44. The maximum atomic E-state index is 13.4. The van der Waals surface area contributed by atoms with Crippen LogP contribution in [0.15, 0.2) is 71.3 Å². The van der Waals surface area contributed by atoms with Crippen LogP contribution in [0.25, 0.3) is 11.0 Å². The molecule has 0 bridgehead atoms. The first kappa shape index (κ1) is 21.0. The number of carbonyl (C=O) groups excluding carboxylic acids is 2. The highest BCUT2D eigenvalue weighted by molar-refractivity contribution is 5.94. The molecule has 2 aromatic heterocycles. The summed E-state index contributed by atoms with van der Waals surface area (Å²) in [7, 11) is 0. The van der Waals surface area contributed by atoms with E-state index in [1.807, 2.05) is 72.2 Å². The summed E-state index contributed by atoms with van der Waals surface area (Å²) in [5, 5.41) is 3.00. The predicted octanol–water partition coefficient (Wildman–Crippen LogP) is 4.06. The van der Waals surface area contributed by atoms with Crippen molar-refractivity contribution in [2.45, 2.75) is 45.4 Å². The molecule has 0 radical (unpaired) electrons. The third kappa shape index (κ3) is 4.82. The number of fused-ring (bicyclic) bond motifs is 1. The number of imidazole rings is 1. The minimum atomic E-state index is -0.0463. The molecule has 33 heavy (non-hydrogen) atoms. The second kappa shape index (κ2) is 8.94. The summed E-state index contributed by atoms with van der Waals surface area (Å²) in [6.07, 6.45) is 3.72. The molecule has 0 spiro atoms. The molecule has 1 aliphatic rings. The van der Waals surface area contributed by atoms with Crippen molar-refractivity contribution in [2.75, 3.05) is 0 Å². The Balaban J connectivity index is 1.34. The van der Waals surface area contributed by atoms with E-state index in [2.05, 4.69) is 10.3 Å². The fourth-order valence-corrected chi connectivity index (χ4v) is 3.93. The number of benzene rings is 2. The largest absolute Gasteiger partial charge is 0.467 e. The normalized spacial score (nSPS) is 13.2. The van der Waals surface area contributed by atoms with E-state index in [0.717, 1.165) is 41.0 Å². The molecule has 0 atom stereocenters. The van der Waals surface area contributed by atoms with E-state index in [-0.39, 0.29) is 18.4 Å². The highest BCUT2D eigenvalue weighted by Gasteiger charge is 2.24. The quantitative estimate of drug-likeness (QED) is 0.446. The predicted molar refractivity (Wildman–Crippen MR) is 124 cm³/mol. The first-order valence-electron chi connectivity index (χ1n) is 11.2. The molecule has 2 aromatic carbocycles. The minimum absolute atomic E-state index is 0.0341. The number of hydrogen-bond donors (Lipinski definition) is 1. The number of hydrogen-bond acceptors (Lipinski definition) is 4. The van der Waals surface area contributed by atoms with Crippen LogP contribution in [-0.4, -0.2) is 32.3 Å². The zero-order valence-corrected chi connectivity index (χ0v) is 18.5. The minimum Gasteiger partial charge on any atom is -0.467 e. The number of carbonyl (C=O) groups is 2. The van der Waals surface area contributed by atoms with E-state index in [1.165, 1.54) is 0 Å². The maximum absolute atomic E-state index is 13.4. The zero-order chi connectivity index (χ0) is 22.8. The molecule has 168 valence electrons. The Bertz CT molecular complexity index is 1270. The standard InChI is InChI=1S/C26H26N4O3/c1-18-27-23-6-2-3-7-24(23)30(18)17-25(31)29(16-22-5-4-14-33-22)15-19-8-10-20(11-9-19)26(32)28-21-12-13-21/h2-11,14,21H,12-13,15-17H2,1H3,(H,28,32). The van der Waals surface area contributed by atoms with Gasteiger partial charge in [-0.05, 0) is 61.7 Å². The summed E-state index contributed by atoms with van der Waals surface area (Å²) in [6, 6.07) is 19.3. The lowest BCUT2D eigenvalue weighted by Gasteiger charge is -2.23. The molecular weight excluding hydrogens is 416 g/mol. The zero-order valence-electron chi connectivity index (χ0n) is 18.5. The Hall–Kier alpha value is -3.87.